The van der Waals surface area contributed by atoms with E-state index in [1.807, 2.05) is 6.92 Å². The molecule has 2 rings (SSSR count). The van der Waals surface area contributed by atoms with Gasteiger partial charge >= 0.3 is 0 Å². The maximum Gasteiger partial charge on any atom is 0.208 e. The van der Waals surface area contributed by atoms with Crippen LogP contribution in [0.15, 0.2) is 10.6 Å². The molecule has 0 aromatic carbocycles. The monoisotopic (exact) mass is 264 g/mol. The highest BCUT2D eigenvalue weighted by molar-refractivity contribution is 4.90. The number of oxazole rings is 1. The lowest BCUT2D eigenvalue weighted by molar-refractivity contribution is 0.148. The van der Waals surface area contributed by atoms with Crippen molar-refractivity contribution >= 4 is 0 Å². The van der Waals surface area contributed by atoms with Gasteiger partial charge in [-0.15, -0.1) is 0 Å². The van der Waals surface area contributed by atoms with Gasteiger partial charge in [0.05, 0.1) is 12.7 Å². The predicted molar refractivity (Wildman–Crippen MR) is 77.8 cm³/mol. The molecule has 0 atom stereocenters. The first-order chi connectivity index (χ1) is 8.95. The number of aromatic nitrogens is 1. The molecule has 0 radical (unpaired) electrons. The van der Waals surface area contributed by atoms with Crippen LogP contribution >= 0.6 is 0 Å². The minimum absolute atomic E-state index is 0.480. The molecule has 0 amide bonds. The first-order valence-electron chi connectivity index (χ1n) is 7.57. The largest absolute Gasteiger partial charge is 0.445 e. The second-order valence-electron chi connectivity index (χ2n) is 7.08. The molecule has 1 heterocycles. The molecule has 1 aromatic heterocycles. The zero-order valence-corrected chi connectivity index (χ0v) is 12.8. The minimum atomic E-state index is 0.480. The van der Waals surface area contributed by atoms with Gasteiger partial charge in [-0.25, -0.2) is 4.98 Å². The lowest BCUT2D eigenvalue weighted by Gasteiger charge is -2.37. The van der Waals surface area contributed by atoms with Crippen LogP contribution in [0.4, 0.5) is 0 Å². The Balaban J connectivity index is 1.66. The van der Waals surface area contributed by atoms with Crippen LogP contribution in [0.5, 0.6) is 0 Å². The molecule has 1 saturated carbocycles. The van der Waals surface area contributed by atoms with Gasteiger partial charge in [0.15, 0.2) is 0 Å². The average molecular weight is 264 g/mol. The molecule has 0 bridgehead atoms. The third-order valence-corrected chi connectivity index (χ3v) is 4.45. The summed E-state index contributed by atoms with van der Waals surface area (Å²) >= 11 is 0. The summed E-state index contributed by atoms with van der Waals surface area (Å²) in [6, 6.07) is 0. The second-order valence-corrected chi connectivity index (χ2v) is 7.08. The molecule has 0 unspecified atom stereocenters. The van der Waals surface area contributed by atoms with Crippen LogP contribution in [-0.4, -0.2) is 11.5 Å². The Labute approximate surface area is 117 Å². The van der Waals surface area contributed by atoms with Crippen LogP contribution < -0.4 is 5.32 Å². The van der Waals surface area contributed by atoms with Crippen molar-refractivity contribution in [1.82, 2.24) is 10.3 Å². The van der Waals surface area contributed by atoms with E-state index in [0.717, 1.165) is 36.6 Å². The Morgan fingerprint density at radius 3 is 2.47 bits per heavy atom. The lowest BCUT2D eigenvalue weighted by atomic mass is 9.70. The van der Waals surface area contributed by atoms with Crippen LogP contribution in [0.25, 0.3) is 0 Å². The Hall–Kier alpha value is -0.830. The summed E-state index contributed by atoms with van der Waals surface area (Å²) in [5.41, 5.74) is 0.480. The summed E-state index contributed by atoms with van der Waals surface area (Å²) in [7, 11) is 0. The maximum absolute atomic E-state index is 5.46. The van der Waals surface area contributed by atoms with Crippen LogP contribution in [0.2, 0.25) is 0 Å². The van der Waals surface area contributed by atoms with Crippen LogP contribution in [0.1, 0.15) is 58.1 Å². The topological polar surface area (TPSA) is 38.1 Å². The van der Waals surface area contributed by atoms with E-state index in [4.69, 9.17) is 4.42 Å². The van der Waals surface area contributed by atoms with Crippen molar-refractivity contribution in [1.29, 1.82) is 0 Å². The van der Waals surface area contributed by atoms with Crippen molar-refractivity contribution < 1.29 is 4.42 Å². The normalized spacial score (nSPS) is 24.6. The predicted octanol–water partition coefficient (Wildman–Crippen LogP) is 3.93. The van der Waals surface area contributed by atoms with Crippen molar-refractivity contribution in [2.45, 2.75) is 59.9 Å². The molecule has 19 heavy (non-hydrogen) atoms. The molecule has 0 saturated heterocycles. The molecule has 108 valence electrons. The average Bonchev–Trinajstić information content (AvgIpc) is 2.75. The molecule has 0 spiro atoms. The first-order valence-corrected chi connectivity index (χ1v) is 7.57. The van der Waals surface area contributed by atoms with Gasteiger partial charge in [0.1, 0.15) is 5.76 Å². The van der Waals surface area contributed by atoms with Crippen molar-refractivity contribution in [3.05, 3.63) is 17.8 Å². The van der Waals surface area contributed by atoms with Gasteiger partial charge < -0.3 is 9.73 Å². The molecule has 0 aliphatic heterocycles. The Morgan fingerprint density at radius 2 is 1.95 bits per heavy atom. The van der Waals surface area contributed by atoms with Gasteiger partial charge in [-0.1, -0.05) is 20.8 Å². The third kappa shape index (κ3) is 4.34. The number of aryl methyl sites for hydroxylation is 1. The first kappa shape index (κ1) is 14.6. The summed E-state index contributed by atoms with van der Waals surface area (Å²) in [4.78, 5) is 4.21. The summed E-state index contributed by atoms with van der Waals surface area (Å²) in [6.07, 6.45) is 7.27. The van der Waals surface area contributed by atoms with Gasteiger partial charge in [-0.2, -0.15) is 0 Å². The van der Waals surface area contributed by atoms with E-state index in [0.29, 0.717) is 5.41 Å². The van der Waals surface area contributed by atoms with Gasteiger partial charge in [0.25, 0.3) is 0 Å². The van der Waals surface area contributed by atoms with E-state index >= 15 is 0 Å². The fourth-order valence-corrected chi connectivity index (χ4v) is 3.10. The fraction of sp³-hybridized carbons (Fsp3) is 0.812. The molecule has 1 fully saturated rings. The van der Waals surface area contributed by atoms with E-state index < -0.39 is 0 Å². The van der Waals surface area contributed by atoms with E-state index in [1.165, 1.54) is 25.7 Å². The van der Waals surface area contributed by atoms with Crippen molar-refractivity contribution in [3.63, 3.8) is 0 Å². The summed E-state index contributed by atoms with van der Waals surface area (Å²) in [5, 5.41) is 3.48. The highest BCUT2D eigenvalue weighted by atomic mass is 16.4. The summed E-state index contributed by atoms with van der Waals surface area (Å²) < 4.78 is 5.46. The quantitative estimate of drug-likeness (QED) is 0.895. The second kappa shape index (κ2) is 6.08. The van der Waals surface area contributed by atoms with E-state index in [-0.39, 0.29) is 0 Å². The van der Waals surface area contributed by atoms with Crippen LogP contribution in [0.3, 0.4) is 0 Å². The minimum Gasteiger partial charge on any atom is -0.445 e. The Morgan fingerprint density at radius 1 is 1.26 bits per heavy atom. The zero-order chi connectivity index (χ0) is 13.9. The van der Waals surface area contributed by atoms with E-state index in [1.54, 1.807) is 6.20 Å². The zero-order valence-electron chi connectivity index (χ0n) is 12.8. The third-order valence-electron chi connectivity index (χ3n) is 4.45. The number of nitrogens with zero attached hydrogens (tertiary/aromatic N) is 1. The smallest absolute Gasteiger partial charge is 0.208 e. The highest BCUT2D eigenvalue weighted by Crippen LogP contribution is 2.39. The summed E-state index contributed by atoms with van der Waals surface area (Å²) in [5.74, 6) is 3.43. The number of nitrogens with one attached hydrogen (secondary N) is 1. The van der Waals surface area contributed by atoms with Crippen LogP contribution in [0, 0.1) is 24.2 Å². The number of hydrogen-bond acceptors (Lipinski definition) is 3. The SMILES string of the molecule is Cc1cnc(CNCC2CCC(C(C)(C)C)CC2)o1. The van der Waals surface area contributed by atoms with Crippen molar-refractivity contribution in [2.24, 2.45) is 17.3 Å². The molecule has 3 heteroatoms. The Bertz CT molecular complexity index is 384. The molecular formula is C16H28N2O. The van der Waals surface area contributed by atoms with E-state index in [9.17, 15) is 0 Å². The Kier molecular flexibility index (Phi) is 4.67. The molecule has 1 N–H and O–H groups in total. The fourth-order valence-electron chi connectivity index (χ4n) is 3.10. The molecule has 3 nitrogen and oxygen atoms in total. The number of hydrogen-bond donors (Lipinski definition) is 1. The van der Waals surface area contributed by atoms with Crippen molar-refractivity contribution in [2.75, 3.05) is 6.54 Å². The van der Waals surface area contributed by atoms with Crippen LogP contribution in [-0.2, 0) is 6.54 Å². The van der Waals surface area contributed by atoms with Gasteiger partial charge in [0.2, 0.25) is 5.89 Å². The van der Waals surface area contributed by atoms with Gasteiger partial charge in [0, 0.05) is 0 Å². The summed E-state index contributed by atoms with van der Waals surface area (Å²) in [6.45, 7) is 10.9. The van der Waals surface area contributed by atoms with E-state index in [2.05, 4.69) is 31.1 Å². The lowest BCUT2D eigenvalue weighted by Crippen LogP contribution is -2.30. The molecular weight excluding hydrogens is 236 g/mol. The molecule has 1 aromatic rings. The maximum atomic E-state index is 5.46. The number of rotatable bonds is 4. The highest BCUT2D eigenvalue weighted by Gasteiger charge is 2.29. The molecule has 1 aliphatic carbocycles. The standard InChI is InChI=1S/C16H28N2O/c1-12-9-18-15(19-12)11-17-10-13-5-7-14(8-6-13)16(2,3)4/h9,13-14,17H,5-8,10-11H2,1-4H3. The molecule has 1 aliphatic rings. The van der Waals surface area contributed by atoms with Crippen molar-refractivity contribution in [3.8, 4) is 0 Å². The van der Waals surface area contributed by atoms with Gasteiger partial charge in [-0.3, -0.25) is 0 Å². The van der Waals surface area contributed by atoms with Gasteiger partial charge in [-0.05, 0) is 56.4 Å².